The summed E-state index contributed by atoms with van der Waals surface area (Å²) in [6.07, 6.45) is 3.40. The largest absolute Gasteiger partial charge is 0.478 e. The number of carboxylic acid groups (broad SMARTS) is 1. The quantitative estimate of drug-likeness (QED) is 0.831. The third-order valence-electron chi connectivity index (χ3n) is 1.83. The van der Waals surface area contributed by atoms with Crippen LogP contribution in [0.5, 0.6) is 0 Å². The molecule has 0 aliphatic rings. The van der Waals surface area contributed by atoms with Crippen molar-refractivity contribution in [3.8, 4) is 0 Å². The number of carboxylic acids is 1. The molecule has 0 aliphatic heterocycles. The zero-order valence-corrected chi connectivity index (χ0v) is 8.15. The maximum atomic E-state index is 10.7. The second kappa shape index (κ2) is 2.88. The van der Waals surface area contributed by atoms with Gasteiger partial charge < -0.3 is 9.51 Å². The fraction of sp³-hybridized carbons (Fsp3) is 0. The first-order valence-corrected chi connectivity index (χ1v) is 4.47. The highest BCUT2D eigenvalue weighted by Crippen LogP contribution is 2.19. The third-order valence-corrected chi connectivity index (χ3v) is 2.50. The van der Waals surface area contributed by atoms with Crippen molar-refractivity contribution in [1.82, 2.24) is 4.40 Å². The molecule has 13 heavy (non-hydrogen) atoms. The zero-order chi connectivity index (χ0) is 9.42. The summed E-state index contributed by atoms with van der Waals surface area (Å²) >= 11 is 3.35. The van der Waals surface area contributed by atoms with Gasteiger partial charge >= 0.3 is 5.97 Å². The van der Waals surface area contributed by atoms with Gasteiger partial charge in [-0.25, -0.2) is 4.79 Å². The van der Waals surface area contributed by atoms with Crippen LogP contribution in [0, 0.1) is 0 Å². The molecule has 0 aromatic carbocycles. The number of hydrogen-bond acceptors (Lipinski definition) is 1. The van der Waals surface area contributed by atoms with Gasteiger partial charge in [0, 0.05) is 16.9 Å². The number of fused-ring (bicyclic) bond motifs is 1. The van der Waals surface area contributed by atoms with Crippen LogP contribution in [0.3, 0.4) is 0 Å². The van der Waals surface area contributed by atoms with Gasteiger partial charge in [0.1, 0.15) is 0 Å². The molecule has 2 aromatic heterocycles. The SMILES string of the molecule is O=C(O)c1cc2c(Br)cccn2c1. The van der Waals surface area contributed by atoms with Gasteiger partial charge in [0.15, 0.2) is 0 Å². The lowest BCUT2D eigenvalue weighted by atomic mass is 10.3. The molecule has 0 unspecified atom stereocenters. The highest BCUT2D eigenvalue weighted by Gasteiger charge is 2.07. The average Bonchev–Trinajstić information content (AvgIpc) is 2.49. The van der Waals surface area contributed by atoms with Crippen LogP contribution < -0.4 is 0 Å². The fourth-order valence-corrected chi connectivity index (χ4v) is 1.69. The summed E-state index contributed by atoms with van der Waals surface area (Å²) in [5.41, 5.74) is 1.16. The van der Waals surface area contributed by atoms with Crippen molar-refractivity contribution >= 4 is 27.4 Å². The first-order valence-electron chi connectivity index (χ1n) is 3.68. The number of rotatable bonds is 1. The molecule has 0 saturated carbocycles. The molecule has 0 atom stereocenters. The summed E-state index contributed by atoms with van der Waals surface area (Å²) in [7, 11) is 0. The molecule has 2 aromatic rings. The fourth-order valence-electron chi connectivity index (χ4n) is 1.22. The Labute approximate surface area is 82.7 Å². The van der Waals surface area contributed by atoms with Crippen LogP contribution in [0.15, 0.2) is 35.1 Å². The van der Waals surface area contributed by atoms with Gasteiger partial charge in [0.2, 0.25) is 0 Å². The summed E-state index contributed by atoms with van der Waals surface area (Å²) in [4.78, 5) is 10.7. The first kappa shape index (κ1) is 8.31. The molecule has 0 fully saturated rings. The lowest BCUT2D eigenvalue weighted by Gasteiger charge is -1.94. The van der Waals surface area contributed by atoms with Gasteiger partial charge in [0.05, 0.1) is 11.1 Å². The van der Waals surface area contributed by atoms with E-state index in [0.29, 0.717) is 5.56 Å². The number of aromatic carboxylic acids is 1. The molecule has 2 heterocycles. The smallest absolute Gasteiger partial charge is 0.337 e. The van der Waals surface area contributed by atoms with Crippen LogP contribution in [0.25, 0.3) is 5.52 Å². The Kier molecular flexibility index (Phi) is 1.84. The molecule has 0 aliphatic carbocycles. The van der Waals surface area contributed by atoms with Crippen molar-refractivity contribution in [2.45, 2.75) is 0 Å². The molecule has 1 N–H and O–H groups in total. The van der Waals surface area contributed by atoms with E-state index < -0.39 is 5.97 Å². The van der Waals surface area contributed by atoms with E-state index in [9.17, 15) is 4.79 Å². The Morgan fingerprint density at radius 1 is 1.54 bits per heavy atom. The molecule has 0 spiro atoms. The summed E-state index contributed by atoms with van der Waals surface area (Å²) in [6, 6.07) is 5.36. The average molecular weight is 240 g/mol. The van der Waals surface area contributed by atoms with Gasteiger partial charge in [-0.15, -0.1) is 0 Å². The van der Waals surface area contributed by atoms with E-state index in [2.05, 4.69) is 15.9 Å². The summed E-state index contributed by atoms with van der Waals surface area (Å²) in [5.74, 6) is -0.907. The van der Waals surface area contributed by atoms with Gasteiger partial charge in [-0.05, 0) is 34.1 Å². The zero-order valence-electron chi connectivity index (χ0n) is 6.57. The number of halogens is 1. The Morgan fingerprint density at radius 3 is 2.92 bits per heavy atom. The first-order chi connectivity index (χ1) is 6.18. The lowest BCUT2D eigenvalue weighted by molar-refractivity contribution is 0.0697. The number of aromatic nitrogens is 1. The van der Waals surface area contributed by atoms with Crippen molar-refractivity contribution in [3.05, 3.63) is 40.6 Å². The standard InChI is InChI=1S/C9H6BrNO2/c10-7-2-1-3-11-5-6(9(12)13)4-8(7)11/h1-5H,(H,12,13). The highest BCUT2D eigenvalue weighted by molar-refractivity contribution is 9.10. The van der Waals surface area contributed by atoms with Gasteiger partial charge in [-0.1, -0.05) is 0 Å². The number of pyridine rings is 1. The van der Waals surface area contributed by atoms with Crippen molar-refractivity contribution in [1.29, 1.82) is 0 Å². The monoisotopic (exact) mass is 239 g/mol. The maximum Gasteiger partial charge on any atom is 0.337 e. The van der Waals surface area contributed by atoms with Crippen LogP contribution >= 0.6 is 15.9 Å². The van der Waals surface area contributed by atoms with Gasteiger partial charge in [-0.2, -0.15) is 0 Å². The number of carbonyl (C=O) groups is 1. The number of hydrogen-bond donors (Lipinski definition) is 1. The molecule has 66 valence electrons. The van der Waals surface area contributed by atoms with E-state index in [-0.39, 0.29) is 0 Å². The molecule has 4 heteroatoms. The van der Waals surface area contributed by atoms with E-state index in [0.717, 1.165) is 9.99 Å². The van der Waals surface area contributed by atoms with Gasteiger partial charge in [-0.3, -0.25) is 0 Å². The summed E-state index contributed by atoms with van der Waals surface area (Å²) in [5, 5.41) is 8.75. The van der Waals surface area contributed by atoms with Crippen LogP contribution in [-0.2, 0) is 0 Å². The molecule has 0 bridgehead atoms. The van der Waals surface area contributed by atoms with E-state index >= 15 is 0 Å². The number of nitrogens with zero attached hydrogens (tertiary/aromatic N) is 1. The molecule has 3 nitrogen and oxygen atoms in total. The molecule has 0 radical (unpaired) electrons. The Bertz CT molecular complexity index is 475. The predicted octanol–water partition coefficient (Wildman–Crippen LogP) is 2.40. The van der Waals surface area contributed by atoms with E-state index in [1.807, 2.05) is 18.3 Å². The predicted molar refractivity (Wildman–Crippen MR) is 52.1 cm³/mol. The minimum absolute atomic E-state index is 0.298. The minimum Gasteiger partial charge on any atom is -0.478 e. The van der Waals surface area contributed by atoms with Crippen molar-refractivity contribution < 1.29 is 9.90 Å². The molecule has 0 amide bonds. The topological polar surface area (TPSA) is 41.7 Å². The molecular weight excluding hydrogens is 234 g/mol. The Balaban J connectivity index is 2.75. The van der Waals surface area contributed by atoms with E-state index in [1.54, 1.807) is 16.7 Å². The van der Waals surface area contributed by atoms with Gasteiger partial charge in [0.25, 0.3) is 0 Å². The lowest BCUT2D eigenvalue weighted by Crippen LogP contribution is -1.91. The van der Waals surface area contributed by atoms with E-state index in [4.69, 9.17) is 5.11 Å². The van der Waals surface area contributed by atoms with E-state index in [1.165, 1.54) is 0 Å². The Hall–Kier alpha value is -1.29. The van der Waals surface area contributed by atoms with Crippen LogP contribution in [0.1, 0.15) is 10.4 Å². The molecule has 0 saturated heterocycles. The molecule has 2 rings (SSSR count). The van der Waals surface area contributed by atoms with Crippen LogP contribution in [0.2, 0.25) is 0 Å². The normalized spacial score (nSPS) is 10.5. The third kappa shape index (κ3) is 1.33. The Morgan fingerprint density at radius 2 is 2.31 bits per heavy atom. The van der Waals surface area contributed by atoms with Crippen LogP contribution in [-0.4, -0.2) is 15.5 Å². The summed E-state index contributed by atoms with van der Waals surface area (Å²) in [6.45, 7) is 0. The van der Waals surface area contributed by atoms with Crippen molar-refractivity contribution in [2.75, 3.05) is 0 Å². The van der Waals surface area contributed by atoms with Crippen molar-refractivity contribution in [3.63, 3.8) is 0 Å². The van der Waals surface area contributed by atoms with Crippen LogP contribution in [0.4, 0.5) is 0 Å². The second-order valence-corrected chi connectivity index (χ2v) is 3.54. The summed E-state index contributed by atoms with van der Waals surface area (Å²) < 4.78 is 2.66. The molecular formula is C9H6BrNO2. The highest BCUT2D eigenvalue weighted by atomic mass is 79.9. The second-order valence-electron chi connectivity index (χ2n) is 2.68. The maximum absolute atomic E-state index is 10.7. The van der Waals surface area contributed by atoms with Crippen molar-refractivity contribution in [2.24, 2.45) is 0 Å². The minimum atomic E-state index is -0.907.